The lowest BCUT2D eigenvalue weighted by molar-refractivity contribution is -0.114. The van der Waals surface area contributed by atoms with Crippen LogP contribution in [0, 0.1) is 0 Å². The molecule has 1 atom stereocenters. The zero-order valence-electron chi connectivity index (χ0n) is 15.9. The molecule has 4 rings (SSSR count). The summed E-state index contributed by atoms with van der Waals surface area (Å²) < 4.78 is 0. The molecule has 3 aromatic rings. The van der Waals surface area contributed by atoms with Crippen molar-refractivity contribution >= 4 is 40.9 Å². The molecule has 8 heteroatoms. The van der Waals surface area contributed by atoms with E-state index in [9.17, 15) is 4.79 Å². The van der Waals surface area contributed by atoms with Gasteiger partial charge in [-0.05, 0) is 42.2 Å². The molecule has 0 aliphatic heterocycles. The number of nitrogens with one attached hydrogen (secondary N) is 3. The van der Waals surface area contributed by atoms with E-state index in [2.05, 4.69) is 44.7 Å². The Morgan fingerprint density at radius 3 is 3.03 bits per heavy atom. The minimum Gasteiger partial charge on any atom is -0.361 e. The molecule has 29 heavy (non-hydrogen) atoms. The van der Waals surface area contributed by atoms with Gasteiger partial charge in [0.1, 0.15) is 0 Å². The molecule has 0 saturated carbocycles. The highest BCUT2D eigenvalue weighted by Gasteiger charge is 2.22. The maximum atomic E-state index is 11.5. The van der Waals surface area contributed by atoms with E-state index in [0.717, 1.165) is 23.4 Å². The molecule has 1 amide bonds. The van der Waals surface area contributed by atoms with Gasteiger partial charge in [-0.25, -0.2) is 9.97 Å². The Balaban J connectivity index is 1.64. The first-order valence-corrected chi connectivity index (χ1v) is 9.70. The molecule has 2 heterocycles. The smallest absolute Gasteiger partial charge is 0.238 e. The number of benzene rings is 1. The average Bonchev–Trinajstić information content (AvgIpc) is 3.15. The van der Waals surface area contributed by atoms with Crippen molar-refractivity contribution in [2.75, 3.05) is 17.2 Å². The molecule has 1 aromatic carbocycles. The molecular formula is C21H21ClN6O. The number of aromatic amines is 1. The van der Waals surface area contributed by atoms with E-state index >= 15 is 0 Å². The molecule has 7 nitrogen and oxygen atoms in total. The Hall–Kier alpha value is -3.16. The number of hydrogen-bond acceptors (Lipinski definition) is 5. The molecule has 148 valence electrons. The lowest BCUT2D eigenvalue weighted by atomic mass is 9.89. The quantitative estimate of drug-likeness (QED) is 0.503. The SMILES string of the molecule is CC1CC=Cc2[nH]cc(-c3nc(Nc4cccc(NC(=O)CN)c4)ncc3Cl)c21. The Kier molecular flexibility index (Phi) is 5.33. The standard InChI is InChI=1S/C21H21ClN6O/c1-12-4-2-7-17-19(12)15(10-24-17)20-16(22)11-25-21(28-20)27-14-6-3-5-13(8-14)26-18(29)9-23/h2-3,5-8,10-12,24H,4,9,23H2,1H3,(H,26,29)(H,25,27,28). The highest BCUT2D eigenvalue weighted by Crippen LogP contribution is 2.39. The van der Waals surface area contributed by atoms with Crippen LogP contribution in [-0.4, -0.2) is 27.4 Å². The lowest BCUT2D eigenvalue weighted by Gasteiger charge is -2.16. The minimum atomic E-state index is -0.257. The summed E-state index contributed by atoms with van der Waals surface area (Å²) in [5, 5.41) is 6.38. The van der Waals surface area contributed by atoms with Crippen molar-refractivity contribution in [3.63, 3.8) is 0 Å². The molecule has 0 fully saturated rings. The number of nitrogens with two attached hydrogens (primary N) is 1. The van der Waals surface area contributed by atoms with Crippen LogP contribution < -0.4 is 16.4 Å². The van der Waals surface area contributed by atoms with Crippen molar-refractivity contribution in [3.05, 3.63) is 59.0 Å². The van der Waals surface area contributed by atoms with Crippen molar-refractivity contribution in [3.8, 4) is 11.3 Å². The van der Waals surface area contributed by atoms with Crippen molar-refractivity contribution in [2.24, 2.45) is 5.73 Å². The van der Waals surface area contributed by atoms with Gasteiger partial charge in [-0.1, -0.05) is 30.7 Å². The van der Waals surface area contributed by atoms with Crippen LogP contribution >= 0.6 is 11.6 Å². The van der Waals surface area contributed by atoms with Gasteiger partial charge < -0.3 is 21.4 Å². The van der Waals surface area contributed by atoms with Gasteiger partial charge in [0.15, 0.2) is 0 Å². The normalized spacial score (nSPS) is 15.1. The van der Waals surface area contributed by atoms with E-state index in [4.69, 9.17) is 17.3 Å². The number of H-pyrrole nitrogens is 1. The third-order valence-electron chi connectivity index (χ3n) is 4.81. The van der Waals surface area contributed by atoms with E-state index < -0.39 is 0 Å². The number of fused-ring (bicyclic) bond motifs is 1. The van der Waals surface area contributed by atoms with Crippen molar-refractivity contribution in [2.45, 2.75) is 19.3 Å². The van der Waals surface area contributed by atoms with Crippen LogP contribution in [0.25, 0.3) is 17.3 Å². The monoisotopic (exact) mass is 408 g/mol. The average molecular weight is 409 g/mol. The molecular weight excluding hydrogens is 388 g/mol. The zero-order valence-corrected chi connectivity index (χ0v) is 16.6. The maximum Gasteiger partial charge on any atom is 0.238 e. The predicted octanol–water partition coefficient (Wildman–Crippen LogP) is 4.29. The van der Waals surface area contributed by atoms with E-state index in [1.165, 1.54) is 5.56 Å². The highest BCUT2D eigenvalue weighted by molar-refractivity contribution is 6.33. The van der Waals surface area contributed by atoms with Crippen LogP contribution in [0.4, 0.5) is 17.3 Å². The molecule has 1 aliphatic carbocycles. The van der Waals surface area contributed by atoms with Crippen LogP contribution in [0.1, 0.15) is 30.5 Å². The van der Waals surface area contributed by atoms with E-state index in [-0.39, 0.29) is 12.5 Å². The van der Waals surface area contributed by atoms with Crippen molar-refractivity contribution in [1.82, 2.24) is 15.0 Å². The number of halogens is 1. The Labute approximate surface area is 173 Å². The number of allylic oxidation sites excluding steroid dienone is 1. The van der Waals surface area contributed by atoms with E-state index in [1.54, 1.807) is 18.3 Å². The highest BCUT2D eigenvalue weighted by atomic mass is 35.5. The molecule has 1 unspecified atom stereocenters. The fourth-order valence-electron chi connectivity index (χ4n) is 3.46. The first kappa shape index (κ1) is 19.2. The van der Waals surface area contributed by atoms with Crippen molar-refractivity contribution < 1.29 is 4.79 Å². The second-order valence-corrected chi connectivity index (χ2v) is 7.32. The topological polar surface area (TPSA) is 109 Å². The van der Waals surface area contributed by atoms with Gasteiger partial charge in [0.05, 0.1) is 23.5 Å². The number of hydrogen-bond donors (Lipinski definition) is 4. The number of rotatable bonds is 5. The number of anilines is 3. The fourth-order valence-corrected chi connectivity index (χ4v) is 3.65. The van der Waals surface area contributed by atoms with Crippen LogP contribution in [0.5, 0.6) is 0 Å². The summed E-state index contributed by atoms with van der Waals surface area (Å²) in [6.07, 6.45) is 8.77. The summed E-state index contributed by atoms with van der Waals surface area (Å²) in [5.74, 6) is 0.537. The molecule has 0 saturated heterocycles. The summed E-state index contributed by atoms with van der Waals surface area (Å²) in [4.78, 5) is 23.8. The molecule has 0 bridgehead atoms. The van der Waals surface area contributed by atoms with Gasteiger partial charge >= 0.3 is 0 Å². The number of nitrogens with zero attached hydrogens (tertiary/aromatic N) is 2. The summed E-state index contributed by atoms with van der Waals surface area (Å²) in [5.41, 5.74) is 10.7. The predicted molar refractivity (Wildman–Crippen MR) is 116 cm³/mol. The molecule has 0 spiro atoms. The summed E-state index contributed by atoms with van der Waals surface area (Å²) in [7, 11) is 0. The Morgan fingerprint density at radius 1 is 1.38 bits per heavy atom. The molecule has 1 aliphatic rings. The number of carbonyl (C=O) groups excluding carboxylic acids is 1. The minimum absolute atomic E-state index is 0.0735. The van der Waals surface area contributed by atoms with E-state index in [1.807, 2.05) is 18.3 Å². The van der Waals surface area contributed by atoms with E-state index in [0.29, 0.717) is 28.3 Å². The second kappa shape index (κ2) is 8.06. The first-order valence-electron chi connectivity index (χ1n) is 9.33. The van der Waals surface area contributed by atoms with Gasteiger partial charge in [-0.15, -0.1) is 0 Å². The molecule has 2 aromatic heterocycles. The number of aromatic nitrogens is 3. The maximum absolute atomic E-state index is 11.5. The van der Waals surface area contributed by atoms with Gasteiger partial charge in [0, 0.05) is 28.8 Å². The van der Waals surface area contributed by atoms with Crippen LogP contribution in [0.15, 0.2) is 42.7 Å². The van der Waals surface area contributed by atoms with Crippen molar-refractivity contribution in [1.29, 1.82) is 0 Å². The summed E-state index contributed by atoms with van der Waals surface area (Å²) in [6, 6.07) is 7.26. The van der Waals surface area contributed by atoms with Crippen LogP contribution in [0.2, 0.25) is 5.02 Å². The third kappa shape index (κ3) is 4.01. The van der Waals surface area contributed by atoms with Crippen LogP contribution in [0.3, 0.4) is 0 Å². The lowest BCUT2D eigenvalue weighted by Crippen LogP contribution is -2.21. The molecule has 0 radical (unpaired) electrons. The number of amides is 1. The summed E-state index contributed by atoms with van der Waals surface area (Å²) >= 11 is 6.44. The zero-order chi connectivity index (χ0) is 20.4. The van der Waals surface area contributed by atoms with Crippen LogP contribution in [-0.2, 0) is 4.79 Å². The third-order valence-corrected chi connectivity index (χ3v) is 5.08. The largest absolute Gasteiger partial charge is 0.361 e. The fraction of sp³-hybridized carbons (Fsp3) is 0.190. The first-order chi connectivity index (χ1) is 14.0. The van der Waals surface area contributed by atoms with Gasteiger partial charge in [-0.3, -0.25) is 4.79 Å². The number of carbonyl (C=O) groups is 1. The Morgan fingerprint density at radius 2 is 2.21 bits per heavy atom. The second-order valence-electron chi connectivity index (χ2n) is 6.92. The molecule has 5 N–H and O–H groups in total. The van der Waals surface area contributed by atoms with Gasteiger partial charge in [-0.2, -0.15) is 0 Å². The van der Waals surface area contributed by atoms with Gasteiger partial charge in [0.25, 0.3) is 0 Å². The Bertz CT molecular complexity index is 1090. The summed E-state index contributed by atoms with van der Waals surface area (Å²) in [6.45, 7) is 2.12. The van der Waals surface area contributed by atoms with Gasteiger partial charge in [0.2, 0.25) is 11.9 Å².